The van der Waals surface area contributed by atoms with Crippen molar-refractivity contribution in [2.24, 2.45) is 0 Å². The van der Waals surface area contributed by atoms with Crippen LogP contribution in [0.5, 0.6) is 0 Å². The molecule has 21 heavy (non-hydrogen) atoms. The molecule has 0 fully saturated rings. The third-order valence-corrected chi connectivity index (χ3v) is 3.93. The van der Waals surface area contributed by atoms with Gasteiger partial charge in [-0.15, -0.1) is 11.3 Å². The second kappa shape index (κ2) is 8.12. The van der Waals surface area contributed by atoms with Crippen molar-refractivity contribution in [3.8, 4) is 10.6 Å². The van der Waals surface area contributed by atoms with Gasteiger partial charge in [-0.1, -0.05) is 29.8 Å². The molecule has 0 saturated carbocycles. The van der Waals surface area contributed by atoms with Gasteiger partial charge < -0.3 is 9.47 Å². The van der Waals surface area contributed by atoms with Crippen LogP contribution in [0.2, 0.25) is 5.02 Å². The SMILES string of the molecule is CCOCCOC(=O)Cc1csc(-c2ccccc2Cl)n1. The molecular weight excluding hydrogens is 310 g/mol. The number of thiazole rings is 1. The number of ether oxygens (including phenoxy) is 2. The highest BCUT2D eigenvalue weighted by Crippen LogP contribution is 2.30. The Morgan fingerprint density at radius 2 is 2.14 bits per heavy atom. The van der Waals surface area contributed by atoms with Crippen molar-refractivity contribution in [1.29, 1.82) is 0 Å². The summed E-state index contributed by atoms with van der Waals surface area (Å²) in [4.78, 5) is 16.1. The molecule has 1 aromatic carbocycles. The molecule has 0 bridgehead atoms. The molecule has 6 heteroatoms. The fraction of sp³-hybridized carbons (Fsp3) is 0.333. The van der Waals surface area contributed by atoms with Gasteiger partial charge in [0, 0.05) is 17.6 Å². The molecule has 0 spiro atoms. The fourth-order valence-electron chi connectivity index (χ4n) is 1.70. The molecule has 1 aromatic heterocycles. The highest BCUT2D eigenvalue weighted by atomic mass is 35.5. The lowest BCUT2D eigenvalue weighted by Crippen LogP contribution is -2.12. The molecule has 0 N–H and O–H groups in total. The van der Waals surface area contributed by atoms with Crippen molar-refractivity contribution < 1.29 is 14.3 Å². The number of benzene rings is 1. The molecule has 2 aromatic rings. The average molecular weight is 326 g/mol. The molecule has 0 saturated heterocycles. The molecule has 112 valence electrons. The maximum Gasteiger partial charge on any atom is 0.311 e. The minimum absolute atomic E-state index is 0.160. The van der Waals surface area contributed by atoms with Gasteiger partial charge in [0.1, 0.15) is 11.6 Å². The second-order valence-corrected chi connectivity index (χ2v) is 5.48. The van der Waals surface area contributed by atoms with E-state index in [1.807, 2.05) is 36.6 Å². The number of halogens is 1. The van der Waals surface area contributed by atoms with Gasteiger partial charge in [0.15, 0.2) is 0 Å². The number of rotatable bonds is 7. The van der Waals surface area contributed by atoms with Crippen LogP contribution in [-0.4, -0.2) is 30.8 Å². The van der Waals surface area contributed by atoms with Crippen molar-refractivity contribution in [2.75, 3.05) is 19.8 Å². The zero-order valence-electron chi connectivity index (χ0n) is 11.7. The van der Waals surface area contributed by atoms with E-state index in [-0.39, 0.29) is 19.0 Å². The van der Waals surface area contributed by atoms with Crippen molar-refractivity contribution in [3.63, 3.8) is 0 Å². The smallest absolute Gasteiger partial charge is 0.311 e. The number of esters is 1. The van der Waals surface area contributed by atoms with E-state index in [4.69, 9.17) is 21.1 Å². The Morgan fingerprint density at radius 3 is 2.90 bits per heavy atom. The van der Waals surface area contributed by atoms with Gasteiger partial charge in [0.25, 0.3) is 0 Å². The number of nitrogens with zero attached hydrogens (tertiary/aromatic N) is 1. The van der Waals surface area contributed by atoms with Crippen LogP contribution in [0.4, 0.5) is 0 Å². The topological polar surface area (TPSA) is 48.4 Å². The summed E-state index contributed by atoms with van der Waals surface area (Å²) in [5.41, 5.74) is 1.57. The van der Waals surface area contributed by atoms with Gasteiger partial charge in [-0.25, -0.2) is 4.98 Å². The largest absolute Gasteiger partial charge is 0.463 e. The molecular formula is C15H16ClNO3S. The first kappa shape index (κ1) is 15.9. The Kier molecular flexibility index (Phi) is 6.17. The standard InChI is InChI=1S/C15H16ClNO3S/c1-2-19-7-8-20-14(18)9-11-10-21-15(17-11)12-5-3-4-6-13(12)16/h3-6,10H,2,7-9H2,1H3. The van der Waals surface area contributed by atoms with E-state index in [0.29, 0.717) is 23.9 Å². The highest BCUT2D eigenvalue weighted by molar-refractivity contribution is 7.13. The third-order valence-electron chi connectivity index (χ3n) is 2.68. The van der Waals surface area contributed by atoms with Crippen molar-refractivity contribution in [1.82, 2.24) is 4.98 Å². The summed E-state index contributed by atoms with van der Waals surface area (Å²) >= 11 is 7.60. The summed E-state index contributed by atoms with van der Waals surface area (Å²) in [6, 6.07) is 7.51. The lowest BCUT2D eigenvalue weighted by Gasteiger charge is -2.03. The molecule has 1 heterocycles. The predicted molar refractivity (Wildman–Crippen MR) is 83.7 cm³/mol. The van der Waals surface area contributed by atoms with Gasteiger partial charge in [-0.3, -0.25) is 4.79 Å². The van der Waals surface area contributed by atoms with E-state index < -0.39 is 0 Å². The fourth-order valence-corrected chi connectivity index (χ4v) is 2.84. The Labute approximate surface area is 132 Å². The van der Waals surface area contributed by atoms with Crippen LogP contribution in [0.15, 0.2) is 29.6 Å². The number of carbonyl (C=O) groups is 1. The third kappa shape index (κ3) is 4.81. The summed E-state index contributed by atoms with van der Waals surface area (Å²) in [6.07, 6.45) is 0.160. The van der Waals surface area contributed by atoms with E-state index in [1.165, 1.54) is 11.3 Å². The second-order valence-electron chi connectivity index (χ2n) is 4.22. The quantitative estimate of drug-likeness (QED) is 0.576. The zero-order valence-corrected chi connectivity index (χ0v) is 13.2. The van der Waals surface area contributed by atoms with Gasteiger partial charge in [-0.2, -0.15) is 0 Å². The number of hydrogen-bond acceptors (Lipinski definition) is 5. The molecule has 4 nitrogen and oxygen atoms in total. The Bertz CT molecular complexity index is 600. The molecule has 0 aliphatic carbocycles. The minimum atomic E-state index is -0.300. The Hall–Kier alpha value is -1.43. The van der Waals surface area contributed by atoms with E-state index >= 15 is 0 Å². The maximum absolute atomic E-state index is 11.6. The Morgan fingerprint density at radius 1 is 1.33 bits per heavy atom. The van der Waals surface area contributed by atoms with Crippen LogP contribution in [0, 0.1) is 0 Å². The normalized spacial score (nSPS) is 10.6. The molecule has 0 aliphatic heterocycles. The lowest BCUT2D eigenvalue weighted by molar-refractivity contribution is -0.144. The molecule has 0 amide bonds. The van der Waals surface area contributed by atoms with E-state index in [9.17, 15) is 4.79 Å². The first-order chi connectivity index (χ1) is 10.2. The van der Waals surface area contributed by atoms with Crippen LogP contribution in [-0.2, 0) is 20.7 Å². The van der Waals surface area contributed by atoms with Gasteiger partial charge in [0.2, 0.25) is 0 Å². The van der Waals surface area contributed by atoms with E-state index in [0.717, 1.165) is 10.6 Å². The highest BCUT2D eigenvalue weighted by Gasteiger charge is 2.11. The van der Waals surface area contributed by atoms with Gasteiger partial charge >= 0.3 is 5.97 Å². The monoisotopic (exact) mass is 325 g/mol. The number of carbonyl (C=O) groups excluding carboxylic acids is 1. The molecule has 0 radical (unpaired) electrons. The van der Waals surface area contributed by atoms with Crippen molar-refractivity contribution in [3.05, 3.63) is 40.4 Å². The van der Waals surface area contributed by atoms with E-state index in [2.05, 4.69) is 4.98 Å². The summed E-state index contributed by atoms with van der Waals surface area (Å²) in [7, 11) is 0. The molecule has 2 rings (SSSR count). The Balaban J connectivity index is 1.91. The summed E-state index contributed by atoms with van der Waals surface area (Å²) < 4.78 is 10.2. The number of hydrogen-bond donors (Lipinski definition) is 0. The van der Waals surface area contributed by atoms with Crippen LogP contribution in [0.1, 0.15) is 12.6 Å². The molecule has 0 aliphatic rings. The summed E-state index contributed by atoms with van der Waals surface area (Å²) in [6.45, 7) is 3.20. The van der Waals surface area contributed by atoms with Crippen LogP contribution < -0.4 is 0 Å². The van der Waals surface area contributed by atoms with Gasteiger partial charge in [0.05, 0.1) is 23.7 Å². The van der Waals surface area contributed by atoms with Crippen LogP contribution in [0.25, 0.3) is 10.6 Å². The summed E-state index contributed by atoms with van der Waals surface area (Å²) in [5.74, 6) is -0.300. The van der Waals surface area contributed by atoms with Crippen LogP contribution >= 0.6 is 22.9 Å². The first-order valence-corrected chi connectivity index (χ1v) is 7.89. The lowest BCUT2D eigenvalue weighted by atomic mass is 10.2. The zero-order chi connectivity index (χ0) is 15.1. The van der Waals surface area contributed by atoms with E-state index in [1.54, 1.807) is 0 Å². The summed E-state index contributed by atoms with van der Waals surface area (Å²) in [5, 5.41) is 3.30. The molecule has 0 atom stereocenters. The van der Waals surface area contributed by atoms with Crippen LogP contribution in [0.3, 0.4) is 0 Å². The van der Waals surface area contributed by atoms with Crippen molar-refractivity contribution in [2.45, 2.75) is 13.3 Å². The maximum atomic E-state index is 11.6. The number of aromatic nitrogens is 1. The van der Waals surface area contributed by atoms with Crippen molar-refractivity contribution >= 4 is 28.9 Å². The average Bonchev–Trinajstić information content (AvgIpc) is 2.92. The van der Waals surface area contributed by atoms with Gasteiger partial charge in [-0.05, 0) is 13.0 Å². The minimum Gasteiger partial charge on any atom is -0.463 e. The first-order valence-electron chi connectivity index (χ1n) is 6.63. The predicted octanol–water partition coefficient (Wildman–Crippen LogP) is 3.59. The molecule has 0 unspecified atom stereocenters.